The second-order valence-corrected chi connectivity index (χ2v) is 7.34. The maximum Gasteiger partial charge on any atom is 0.317 e. The van der Waals surface area contributed by atoms with Gasteiger partial charge in [-0.25, -0.2) is 8.78 Å². The summed E-state index contributed by atoms with van der Waals surface area (Å²) in [6, 6.07) is 3.56. The van der Waals surface area contributed by atoms with Gasteiger partial charge >= 0.3 is 5.97 Å². The molecule has 2 rings (SSSR count). The van der Waals surface area contributed by atoms with E-state index >= 15 is 0 Å². The van der Waals surface area contributed by atoms with Gasteiger partial charge in [-0.05, 0) is 44.9 Å². The third-order valence-corrected chi connectivity index (χ3v) is 5.16. The number of hydrogen-bond acceptors (Lipinski definition) is 4. The lowest BCUT2D eigenvalue weighted by Gasteiger charge is -2.37. The van der Waals surface area contributed by atoms with Crippen molar-refractivity contribution < 1.29 is 23.5 Å². The maximum atomic E-state index is 13.7. The third-order valence-electron chi connectivity index (χ3n) is 5.16. The number of nitrogens with zero attached hydrogens (tertiary/aromatic N) is 2. The maximum absolute atomic E-state index is 13.7. The van der Waals surface area contributed by atoms with Gasteiger partial charge in [-0.3, -0.25) is 19.4 Å². The fourth-order valence-corrected chi connectivity index (χ4v) is 3.72. The third kappa shape index (κ3) is 6.53. The highest BCUT2D eigenvalue weighted by atomic mass is 19.1. The first kappa shape index (κ1) is 22.2. The number of benzene rings is 1. The molecule has 8 heteroatoms. The molecule has 1 saturated heterocycles. The molecular formula is C20H29F2N3O3. The van der Waals surface area contributed by atoms with E-state index in [-0.39, 0.29) is 43.1 Å². The fourth-order valence-electron chi connectivity index (χ4n) is 3.72. The summed E-state index contributed by atoms with van der Waals surface area (Å²) in [5.41, 5.74) is -0.0193. The van der Waals surface area contributed by atoms with Crippen molar-refractivity contribution in [3.8, 4) is 0 Å². The SMILES string of the molecule is CCN(CC(=O)O)C1CCN(CC(=O)NC(C)Cc2c(F)cccc2F)CC1. The molecule has 0 radical (unpaired) electrons. The van der Waals surface area contributed by atoms with Crippen LogP contribution in [-0.4, -0.2) is 71.6 Å². The van der Waals surface area contributed by atoms with Crippen molar-refractivity contribution in [2.24, 2.45) is 0 Å². The highest BCUT2D eigenvalue weighted by molar-refractivity contribution is 5.78. The molecule has 6 nitrogen and oxygen atoms in total. The Morgan fingerprint density at radius 1 is 1.29 bits per heavy atom. The Morgan fingerprint density at radius 2 is 1.89 bits per heavy atom. The molecule has 1 unspecified atom stereocenters. The minimum atomic E-state index is -0.830. The molecule has 1 aliphatic rings. The van der Waals surface area contributed by atoms with E-state index < -0.39 is 17.6 Å². The Bertz CT molecular complexity index is 658. The van der Waals surface area contributed by atoms with E-state index in [2.05, 4.69) is 5.32 Å². The number of rotatable bonds is 9. The Balaban J connectivity index is 1.77. The van der Waals surface area contributed by atoms with Crippen LogP contribution in [0.1, 0.15) is 32.3 Å². The average molecular weight is 397 g/mol. The number of carboxylic acid groups (broad SMARTS) is 1. The molecule has 0 bridgehead atoms. The summed E-state index contributed by atoms with van der Waals surface area (Å²) in [4.78, 5) is 27.2. The van der Waals surface area contributed by atoms with Crippen LogP contribution in [0.5, 0.6) is 0 Å². The first-order chi connectivity index (χ1) is 13.3. The van der Waals surface area contributed by atoms with E-state index in [0.29, 0.717) is 19.6 Å². The van der Waals surface area contributed by atoms with Gasteiger partial charge in [0.05, 0.1) is 13.1 Å². The van der Waals surface area contributed by atoms with Crippen LogP contribution in [0.25, 0.3) is 0 Å². The Hall–Kier alpha value is -2.06. The van der Waals surface area contributed by atoms with Gasteiger partial charge in [-0.2, -0.15) is 0 Å². The van der Waals surface area contributed by atoms with Gasteiger partial charge in [0.25, 0.3) is 0 Å². The Labute approximate surface area is 164 Å². The van der Waals surface area contributed by atoms with Crippen LogP contribution in [0.2, 0.25) is 0 Å². The second-order valence-electron chi connectivity index (χ2n) is 7.34. The molecule has 2 N–H and O–H groups in total. The van der Waals surface area contributed by atoms with Crippen molar-refractivity contribution in [2.75, 3.05) is 32.7 Å². The minimum absolute atomic E-state index is 0.0193. The fraction of sp³-hybridized carbons (Fsp3) is 0.600. The first-order valence-electron chi connectivity index (χ1n) is 9.70. The molecule has 1 aromatic carbocycles. The smallest absolute Gasteiger partial charge is 0.317 e. The minimum Gasteiger partial charge on any atom is -0.480 e. The van der Waals surface area contributed by atoms with Gasteiger partial charge in [0.1, 0.15) is 11.6 Å². The van der Waals surface area contributed by atoms with Crippen molar-refractivity contribution in [2.45, 2.75) is 45.2 Å². The number of hydrogen-bond donors (Lipinski definition) is 2. The highest BCUT2D eigenvalue weighted by Gasteiger charge is 2.26. The van der Waals surface area contributed by atoms with Gasteiger partial charge in [0, 0.05) is 30.7 Å². The summed E-state index contributed by atoms with van der Waals surface area (Å²) in [5.74, 6) is -2.22. The summed E-state index contributed by atoms with van der Waals surface area (Å²) >= 11 is 0. The lowest BCUT2D eigenvalue weighted by atomic mass is 10.0. The lowest BCUT2D eigenvalue weighted by Crippen LogP contribution is -2.49. The second kappa shape index (κ2) is 10.5. The number of likely N-dealkylation sites (N-methyl/N-ethyl adjacent to an activating group) is 1. The molecule has 0 spiro atoms. The van der Waals surface area contributed by atoms with E-state index in [1.165, 1.54) is 18.2 Å². The zero-order valence-electron chi connectivity index (χ0n) is 16.5. The number of piperidine rings is 1. The molecule has 0 aromatic heterocycles. The summed E-state index contributed by atoms with van der Waals surface area (Å²) in [6.07, 6.45) is 1.71. The van der Waals surface area contributed by atoms with E-state index in [9.17, 15) is 18.4 Å². The van der Waals surface area contributed by atoms with Crippen LogP contribution in [0.3, 0.4) is 0 Å². The Kier molecular flexibility index (Phi) is 8.32. The van der Waals surface area contributed by atoms with Crippen LogP contribution >= 0.6 is 0 Å². The summed E-state index contributed by atoms with van der Waals surface area (Å²) in [5, 5.41) is 11.8. The molecule has 156 valence electrons. The van der Waals surface area contributed by atoms with Crippen molar-refractivity contribution in [3.05, 3.63) is 35.4 Å². The van der Waals surface area contributed by atoms with Crippen molar-refractivity contribution >= 4 is 11.9 Å². The molecule has 28 heavy (non-hydrogen) atoms. The number of nitrogens with one attached hydrogen (secondary N) is 1. The molecule has 1 aliphatic heterocycles. The largest absolute Gasteiger partial charge is 0.480 e. The number of likely N-dealkylation sites (tertiary alicyclic amines) is 1. The van der Waals surface area contributed by atoms with Gasteiger partial charge < -0.3 is 10.4 Å². The van der Waals surface area contributed by atoms with Crippen LogP contribution in [0.4, 0.5) is 8.78 Å². The molecular weight excluding hydrogens is 368 g/mol. The molecule has 0 aliphatic carbocycles. The quantitative estimate of drug-likeness (QED) is 0.666. The van der Waals surface area contributed by atoms with Crippen LogP contribution in [-0.2, 0) is 16.0 Å². The standard InChI is InChI=1S/C20H29F2N3O3/c1-3-25(13-20(27)28)15-7-9-24(10-8-15)12-19(26)23-14(2)11-16-17(21)5-4-6-18(16)22/h4-6,14-15H,3,7-13H2,1-2H3,(H,23,26)(H,27,28). The molecule has 1 amide bonds. The van der Waals surface area contributed by atoms with E-state index in [0.717, 1.165) is 12.8 Å². The van der Waals surface area contributed by atoms with E-state index in [4.69, 9.17) is 5.11 Å². The predicted octanol–water partition coefficient (Wildman–Crippen LogP) is 1.88. The number of carbonyl (C=O) groups is 2. The zero-order chi connectivity index (χ0) is 20.7. The van der Waals surface area contributed by atoms with Gasteiger partial charge in [-0.15, -0.1) is 0 Å². The summed E-state index contributed by atoms with van der Waals surface area (Å²) in [6.45, 7) is 6.04. The van der Waals surface area contributed by atoms with Crippen LogP contribution < -0.4 is 5.32 Å². The van der Waals surface area contributed by atoms with E-state index in [1.807, 2.05) is 16.7 Å². The summed E-state index contributed by atoms with van der Waals surface area (Å²) < 4.78 is 27.5. The van der Waals surface area contributed by atoms with Crippen LogP contribution in [0.15, 0.2) is 18.2 Å². The van der Waals surface area contributed by atoms with Gasteiger partial charge in [-0.1, -0.05) is 13.0 Å². The van der Waals surface area contributed by atoms with Gasteiger partial charge in [0.15, 0.2) is 0 Å². The van der Waals surface area contributed by atoms with Gasteiger partial charge in [0.2, 0.25) is 5.91 Å². The number of amides is 1. The van der Waals surface area contributed by atoms with E-state index in [1.54, 1.807) is 6.92 Å². The topological polar surface area (TPSA) is 72.9 Å². The van der Waals surface area contributed by atoms with Crippen molar-refractivity contribution in [1.82, 2.24) is 15.1 Å². The number of halogens is 2. The highest BCUT2D eigenvalue weighted by Crippen LogP contribution is 2.17. The average Bonchev–Trinajstić information content (AvgIpc) is 2.63. The molecule has 0 saturated carbocycles. The normalized spacial score (nSPS) is 16.9. The Morgan fingerprint density at radius 3 is 2.43 bits per heavy atom. The number of aliphatic carboxylic acids is 1. The summed E-state index contributed by atoms with van der Waals surface area (Å²) in [7, 11) is 0. The van der Waals surface area contributed by atoms with Crippen LogP contribution in [0, 0.1) is 11.6 Å². The molecule has 1 atom stereocenters. The molecule has 1 heterocycles. The number of carboxylic acids is 1. The van der Waals surface area contributed by atoms with Crippen molar-refractivity contribution in [3.63, 3.8) is 0 Å². The molecule has 1 aromatic rings. The lowest BCUT2D eigenvalue weighted by molar-refractivity contribution is -0.139. The number of carbonyl (C=O) groups excluding carboxylic acids is 1. The first-order valence-corrected chi connectivity index (χ1v) is 9.70. The monoisotopic (exact) mass is 397 g/mol. The molecule has 1 fully saturated rings. The van der Waals surface area contributed by atoms with Crippen molar-refractivity contribution in [1.29, 1.82) is 0 Å². The zero-order valence-corrected chi connectivity index (χ0v) is 16.5. The predicted molar refractivity (Wildman–Crippen MR) is 102 cm³/mol.